The van der Waals surface area contributed by atoms with Crippen molar-refractivity contribution in [3.8, 4) is 0 Å². The highest BCUT2D eigenvalue weighted by Gasteiger charge is 2.20. The summed E-state index contributed by atoms with van der Waals surface area (Å²) in [5, 5.41) is 3.85. The Hall–Kier alpha value is -2.24. The van der Waals surface area contributed by atoms with Crippen LogP contribution in [-0.2, 0) is 9.63 Å². The van der Waals surface area contributed by atoms with Gasteiger partial charge in [-0.05, 0) is 43.0 Å². The van der Waals surface area contributed by atoms with E-state index < -0.39 is 0 Å². The molecule has 0 bridgehead atoms. The molecule has 0 saturated carbocycles. The van der Waals surface area contributed by atoms with E-state index in [9.17, 15) is 4.79 Å². The van der Waals surface area contributed by atoms with Gasteiger partial charge in [0, 0.05) is 38.4 Å². The van der Waals surface area contributed by atoms with E-state index in [1.807, 2.05) is 48.2 Å². The summed E-state index contributed by atoms with van der Waals surface area (Å²) in [6.45, 7) is 3.75. The standard InChI is InChI=1S/C17H26N4O2/c1-13-8-10-21(11-9-13)16(22)12-23-19-17(18)14-4-6-15(7-5-14)20(2)3/h4-7,13H,8-12H2,1-3H3,(H2,18,19). The van der Waals surface area contributed by atoms with Crippen LogP contribution >= 0.6 is 0 Å². The molecule has 1 aliphatic heterocycles. The molecule has 23 heavy (non-hydrogen) atoms. The largest absolute Gasteiger partial charge is 0.384 e. The van der Waals surface area contributed by atoms with Crippen LogP contribution in [0.2, 0.25) is 0 Å². The van der Waals surface area contributed by atoms with E-state index in [-0.39, 0.29) is 18.3 Å². The van der Waals surface area contributed by atoms with Gasteiger partial charge < -0.3 is 20.4 Å². The maximum Gasteiger partial charge on any atom is 0.263 e. The molecule has 126 valence electrons. The lowest BCUT2D eigenvalue weighted by Crippen LogP contribution is -2.39. The first-order valence-electron chi connectivity index (χ1n) is 7.98. The zero-order chi connectivity index (χ0) is 16.8. The minimum Gasteiger partial charge on any atom is -0.384 e. The van der Waals surface area contributed by atoms with Gasteiger partial charge in [0.25, 0.3) is 5.91 Å². The molecule has 1 fully saturated rings. The number of likely N-dealkylation sites (tertiary alicyclic amines) is 1. The Kier molecular flexibility index (Phi) is 5.84. The quantitative estimate of drug-likeness (QED) is 0.509. The number of hydrogen-bond donors (Lipinski definition) is 1. The fourth-order valence-corrected chi connectivity index (χ4v) is 2.49. The molecule has 2 rings (SSSR count). The molecule has 1 aromatic carbocycles. The maximum absolute atomic E-state index is 12.0. The van der Waals surface area contributed by atoms with Crippen LogP contribution in [0, 0.1) is 5.92 Å². The minimum absolute atomic E-state index is 0.0311. The third kappa shape index (κ3) is 4.87. The van der Waals surface area contributed by atoms with Crippen LogP contribution in [0.15, 0.2) is 29.4 Å². The van der Waals surface area contributed by atoms with Gasteiger partial charge in [0.1, 0.15) is 0 Å². The predicted molar refractivity (Wildman–Crippen MR) is 92.4 cm³/mol. The highest BCUT2D eigenvalue weighted by atomic mass is 16.6. The van der Waals surface area contributed by atoms with E-state index in [2.05, 4.69) is 12.1 Å². The predicted octanol–water partition coefficient (Wildman–Crippen LogP) is 1.65. The van der Waals surface area contributed by atoms with Crippen LogP contribution in [0.3, 0.4) is 0 Å². The summed E-state index contributed by atoms with van der Waals surface area (Å²) in [5.41, 5.74) is 7.74. The number of hydrogen-bond acceptors (Lipinski definition) is 4. The average Bonchev–Trinajstić information content (AvgIpc) is 2.55. The normalized spacial score (nSPS) is 16.3. The Morgan fingerprint density at radius 3 is 2.48 bits per heavy atom. The van der Waals surface area contributed by atoms with Gasteiger partial charge in [-0.1, -0.05) is 12.1 Å². The number of nitrogens with zero attached hydrogens (tertiary/aromatic N) is 3. The Bertz CT molecular complexity index is 546. The summed E-state index contributed by atoms with van der Waals surface area (Å²) >= 11 is 0. The molecule has 0 atom stereocenters. The summed E-state index contributed by atoms with van der Waals surface area (Å²) in [7, 11) is 3.95. The summed E-state index contributed by atoms with van der Waals surface area (Å²) in [6.07, 6.45) is 2.10. The lowest BCUT2D eigenvalue weighted by atomic mass is 9.99. The van der Waals surface area contributed by atoms with E-state index in [1.54, 1.807) is 0 Å². The lowest BCUT2D eigenvalue weighted by molar-refractivity contribution is -0.137. The average molecular weight is 318 g/mol. The van der Waals surface area contributed by atoms with Gasteiger partial charge >= 0.3 is 0 Å². The fourth-order valence-electron chi connectivity index (χ4n) is 2.49. The molecule has 1 heterocycles. The molecule has 0 aromatic heterocycles. The molecule has 0 spiro atoms. The Morgan fingerprint density at radius 2 is 1.91 bits per heavy atom. The Labute approximate surface area is 137 Å². The van der Waals surface area contributed by atoms with Crippen molar-refractivity contribution in [2.24, 2.45) is 16.8 Å². The molecule has 1 aromatic rings. The molecule has 0 aliphatic carbocycles. The number of nitrogens with two attached hydrogens (primary N) is 1. The van der Waals surface area contributed by atoms with Gasteiger partial charge in [0.05, 0.1) is 0 Å². The number of amides is 1. The van der Waals surface area contributed by atoms with E-state index in [4.69, 9.17) is 10.6 Å². The summed E-state index contributed by atoms with van der Waals surface area (Å²) in [4.78, 5) is 21.0. The number of carbonyl (C=O) groups excluding carboxylic acids is 1. The molecular formula is C17H26N4O2. The van der Waals surface area contributed by atoms with Crippen LogP contribution in [0.25, 0.3) is 0 Å². The first-order valence-corrected chi connectivity index (χ1v) is 7.98. The van der Waals surface area contributed by atoms with Crippen LogP contribution < -0.4 is 10.6 Å². The van der Waals surface area contributed by atoms with E-state index in [0.29, 0.717) is 5.92 Å². The van der Waals surface area contributed by atoms with Crippen molar-refractivity contribution in [2.75, 3.05) is 38.7 Å². The second-order valence-corrected chi connectivity index (χ2v) is 6.25. The number of anilines is 1. The summed E-state index contributed by atoms with van der Waals surface area (Å²) in [6, 6.07) is 7.67. The van der Waals surface area contributed by atoms with Crippen LogP contribution in [0.1, 0.15) is 25.3 Å². The van der Waals surface area contributed by atoms with Crippen molar-refractivity contribution in [3.63, 3.8) is 0 Å². The number of carbonyl (C=O) groups is 1. The van der Waals surface area contributed by atoms with Gasteiger partial charge in [-0.2, -0.15) is 0 Å². The van der Waals surface area contributed by atoms with Gasteiger partial charge in [0.15, 0.2) is 12.4 Å². The van der Waals surface area contributed by atoms with Gasteiger partial charge in [-0.15, -0.1) is 0 Å². The van der Waals surface area contributed by atoms with Gasteiger partial charge in [0.2, 0.25) is 0 Å². The van der Waals surface area contributed by atoms with Crippen LogP contribution in [0.5, 0.6) is 0 Å². The lowest BCUT2D eigenvalue weighted by Gasteiger charge is -2.29. The first kappa shape index (κ1) is 17.1. The van der Waals surface area contributed by atoms with Gasteiger partial charge in [-0.25, -0.2) is 0 Å². The zero-order valence-corrected chi connectivity index (χ0v) is 14.2. The third-order valence-corrected chi connectivity index (χ3v) is 4.17. The first-order chi connectivity index (χ1) is 11.0. The van der Waals surface area contributed by atoms with Crippen LogP contribution in [-0.4, -0.2) is 50.4 Å². The van der Waals surface area contributed by atoms with E-state index in [0.717, 1.165) is 37.2 Å². The molecule has 1 aliphatic rings. The molecule has 6 heteroatoms. The van der Waals surface area contributed by atoms with Crippen molar-refractivity contribution >= 4 is 17.4 Å². The van der Waals surface area contributed by atoms with Crippen molar-refractivity contribution in [1.29, 1.82) is 0 Å². The second kappa shape index (κ2) is 7.85. The summed E-state index contributed by atoms with van der Waals surface area (Å²) < 4.78 is 0. The smallest absolute Gasteiger partial charge is 0.263 e. The molecular weight excluding hydrogens is 292 g/mol. The topological polar surface area (TPSA) is 71.2 Å². The molecule has 1 saturated heterocycles. The van der Waals surface area contributed by atoms with Crippen molar-refractivity contribution in [3.05, 3.63) is 29.8 Å². The number of benzene rings is 1. The van der Waals surface area contributed by atoms with Crippen molar-refractivity contribution in [1.82, 2.24) is 4.90 Å². The number of oxime groups is 1. The highest BCUT2D eigenvalue weighted by molar-refractivity contribution is 5.97. The minimum atomic E-state index is -0.0646. The maximum atomic E-state index is 12.0. The number of rotatable bonds is 5. The Balaban J connectivity index is 1.83. The number of piperidine rings is 1. The van der Waals surface area contributed by atoms with Gasteiger partial charge in [-0.3, -0.25) is 4.79 Å². The van der Waals surface area contributed by atoms with Crippen molar-refractivity contribution < 1.29 is 9.63 Å². The van der Waals surface area contributed by atoms with E-state index in [1.165, 1.54) is 0 Å². The second-order valence-electron chi connectivity index (χ2n) is 6.25. The SMILES string of the molecule is CC1CCN(C(=O)CO/N=C(\N)c2ccc(N(C)C)cc2)CC1. The molecule has 1 amide bonds. The van der Waals surface area contributed by atoms with E-state index >= 15 is 0 Å². The van der Waals surface area contributed by atoms with Crippen molar-refractivity contribution in [2.45, 2.75) is 19.8 Å². The zero-order valence-electron chi connectivity index (χ0n) is 14.2. The molecule has 0 unspecified atom stereocenters. The molecule has 6 nitrogen and oxygen atoms in total. The highest BCUT2D eigenvalue weighted by Crippen LogP contribution is 2.16. The van der Waals surface area contributed by atoms with Crippen LogP contribution in [0.4, 0.5) is 5.69 Å². The third-order valence-electron chi connectivity index (χ3n) is 4.17. The molecule has 0 radical (unpaired) electrons. The number of amidine groups is 1. The Morgan fingerprint density at radius 1 is 1.30 bits per heavy atom. The molecule has 2 N–H and O–H groups in total. The fraction of sp³-hybridized carbons (Fsp3) is 0.529. The summed E-state index contributed by atoms with van der Waals surface area (Å²) in [5.74, 6) is 0.936. The monoisotopic (exact) mass is 318 g/mol.